The molecule has 0 aromatic heterocycles. The summed E-state index contributed by atoms with van der Waals surface area (Å²) in [6.45, 7) is -9.81. The molecule has 4 aliphatic heterocycles. The van der Waals surface area contributed by atoms with Gasteiger partial charge in [-0.25, -0.2) is 118 Å². The molecule has 115 heavy (non-hydrogen) atoms. The third kappa shape index (κ3) is 61.1. The van der Waals surface area contributed by atoms with Gasteiger partial charge in [0, 0.05) is 0 Å². The average molecular weight is 2100 g/mol. The van der Waals surface area contributed by atoms with E-state index in [0.29, 0.717) is 0 Å². The normalized spacial score (nSPS) is 28.5. The molecule has 0 aromatic rings. The van der Waals surface area contributed by atoms with Crippen LogP contribution in [0.4, 0.5) is 0 Å². The monoisotopic (exact) mass is 2090 g/mol. The Balaban J connectivity index is -0.000000858. The molecule has 20 atom stereocenters. The molecule has 600 valence electrons. The Kier molecular flexibility index (Phi) is 78.1. The minimum absolute atomic E-state index is 0. The minimum atomic E-state index is -7.16. The van der Waals surface area contributed by atoms with E-state index in [9.17, 15) is 182 Å². The molecule has 0 aliphatic carbocycles. The molecule has 4 aliphatic rings. The van der Waals surface area contributed by atoms with Crippen LogP contribution in [0.15, 0.2) is 0 Å². The van der Waals surface area contributed by atoms with Crippen LogP contribution < -0.4 is 414 Å². The minimum Gasteiger partial charge on any atom is -0.726 e. The Morgan fingerprint density at radius 2 is 0.322 bits per heavy atom. The molecule has 0 unspecified atom stereocenters. The summed E-state index contributed by atoms with van der Waals surface area (Å²) >= 11 is 0. The Bertz CT molecular complexity index is 4670. The second kappa shape index (κ2) is 60.0. The quantitative estimate of drug-likeness (QED) is 0.0315. The fourth-order valence-electron chi connectivity index (χ4n) is 8.30. The van der Waals surface area contributed by atoms with E-state index in [1.54, 1.807) is 0 Å². The van der Waals surface area contributed by atoms with Crippen LogP contribution >= 0.6 is 0 Å². The van der Waals surface area contributed by atoms with Crippen LogP contribution in [0.1, 0.15) is 0 Å². The molecular formula is C24H28Na14O63S14. The predicted octanol–water partition coefficient (Wildman–Crippen LogP) is -58.9. The second-order valence-electron chi connectivity index (χ2n) is 18.0. The zero-order chi connectivity index (χ0) is 78.2. The van der Waals surface area contributed by atoms with Crippen molar-refractivity contribution in [3.05, 3.63) is 0 Å². The van der Waals surface area contributed by atoms with Gasteiger partial charge in [-0.05, 0) is 0 Å². The predicted molar refractivity (Wildman–Crippen MR) is 254 cm³/mol. The van der Waals surface area contributed by atoms with Crippen LogP contribution in [0, 0.1) is 0 Å². The second-order valence-corrected chi connectivity index (χ2v) is 32.2. The van der Waals surface area contributed by atoms with Gasteiger partial charge in [0.2, 0.25) is 146 Å². The Labute approximate surface area is 962 Å². The first-order valence-electron chi connectivity index (χ1n) is 23.1. The molecule has 4 fully saturated rings. The maximum atomic E-state index is 12.6. The van der Waals surface area contributed by atoms with E-state index < -0.39 is 295 Å². The van der Waals surface area contributed by atoms with Crippen LogP contribution in [0.25, 0.3) is 0 Å². The van der Waals surface area contributed by atoms with Gasteiger partial charge < -0.3 is 96.9 Å². The number of ether oxygens (including phenoxy) is 7. The third-order valence-electron chi connectivity index (χ3n) is 11.0. The van der Waals surface area contributed by atoms with E-state index in [1.165, 1.54) is 0 Å². The van der Waals surface area contributed by atoms with E-state index in [1.807, 2.05) is 0 Å². The summed E-state index contributed by atoms with van der Waals surface area (Å²) in [5.41, 5.74) is 0. The maximum Gasteiger partial charge on any atom is 1.00 e. The van der Waals surface area contributed by atoms with E-state index >= 15 is 0 Å². The van der Waals surface area contributed by atoms with Gasteiger partial charge in [0.1, 0.15) is 73.2 Å². The first kappa shape index (κ1) is 150. The summed E-state index contributed by atoms with van der Waals surface area (Å²) in [4.78, 5) is 0. The number of hydrogen-bond donors (Lipinski definition) is 0. The van der Waals surface area contributed by atoms with Gasteiger partial charge in [-0.2, -0.15) is 0 Å². The van der Waals surface area contributed by atoms with Gasteiger partial charge in [-0.1, -0.05) is 0 Å². The number of rotatable bonds is 38. The van der Waals surface area contributed by atoms with Crippen molar-refractivity contribution in [3.63, 3.8) is 0 Å². The molecule has 0 radical (unpaired) electrons. The summed E-state index contributed by atoms with van der Waals surface area (Å²) in [6.07, 6.45) is -76.8. The van der Waals surface area contributed by atoms with Crippen LogP contribution in [0.3, 0.4) is 0 Å². The van der Waals surface area contributed by atoms with Crippen molar-refractivity contribution < 1.29 is 687 Å². The molecule has 0 spiro atoms. The first-order valence-corrected chi connectivity index (χ1v) is 41.8. The molecule has 0 saturated carbocycles. The average Bonchev–Trinajstić information content (AvgIpc) is 0.757. The Morgan fingerprint density at radius 3 is 0.522 bits per heavy atom. The molecule has 0 amide bonds. The molecule has 0 bridgehead atoms. The fourth-order valence-corrected chi connectivity index (χ4v) is 14.6. The van der Waals surface area contributed by atoms with Gasteiger partial charge in [0.15, 0.2) is 49.6 Å². The van der Waals surface area contributed by atoms with Gasteiger partial charge in [0.05, 0.1) is 26.4 Å². The molecule has 4 rings (SSSR count). The molecular weight excluding hydrogens is 2070 g/mol. The molecule has 4 saturated heterocycles. The van der Waals surface area contributed by atoms with Crippen molar-refractivity contribution in [1.29, 1.82) is 0 Å². The zero-order valence-electron chi connectivity index (χ0n) is 59.8. The van der Waals surface area contributed by atoms with Gasteiger partial charge in [0.25, 0.3) is 0 Å². The van der Waals surface area contributed by atoms with E-state index in [-0.39, 0.29) is 414 Å². The molecule has 0 N–H and O–H groups in total. The fraction of sp³-hybridized carbons (Fsp3) is 1.00. The molecule has 63 nitrogen and oxygen atoms in total. The van der Waals surface area contributed by atoms with Crippen molar-refractivity contribution in [2.24, 2.45) is 0 Å². The topological polar surface area (TPSA) is 995 Å². The Hall–Kier alpha value is 11.9. The van der Waals surface area contributed by atoms with Crippen LogP contribution in [0.2, 0.25) is 0 Å². The SMILES string of the molecule is O=S(=O)([O-])OC[C@@H]1O[C@@H](O[C@H]2O[C@@H](COS(=O)(=O)[O-])[C@@H](O[C@@H]3O[C@@H](CO[C@H]4O[C@@H](COS(=O)(=O)[O-])[C@H](OS(=O)(=O)[O-])[C@H](OS(=O)(=O)[O-])[C@@H]4OS(=O)(=O)[O-])[C@@H](OS(=O)(=O)[O-])[C@H](OS(=O)(=O)[O-])[C@@H]3OS(=O)(=O)[O-])[C@H](OS(=O)(=O)[O-])[C@@H]2OS(=O)(=O)[O-])[C@@H](OS(=O)(=O)[O-])[C@@H](OS(=O)(=O)[O-])[C@H]1OS(=O)(=O)[O-].[Na+].[Na+].[Na+].[Na+].[Na+].[Na+].[Na+].[Na+].[Na+].[Na+].[Na+].[Na+].[Na+].[Na+]. The van der Waals surface area contributed by atoms with Crippen molar-refractivity contribution in [2.45, 2.75) is 123 Å². The van der Waals surface area contributed by atoms with E-state index in [2.05, 4.69) is 58.6 Å². The van der Waals surface area contributed by atoms with E-state index in [0.717, 1.165) is 0 Å². The van der Waals surface area contributed by atoms with Crippen molar-refractivity contribution in [1.82, 2.24) is 0 Å². The van der Waals surface area contributed by atoms with Gasteiger partial charge in [-0.3, -0.25) is 58.6 Å². The molecule has 0 aromatic carbocycles. The van der Waals surface area contributed by atoms with Crippen LogP contribution in [-0.2, 0) is 237 Å². The largest absolute Gasteiger partial charge is 1.00 e. The van der Waals surface area contributed by atoms with Gasteiger partial charge in [-0.15, -0.1) is 0 Å². The van der Waals surface area contributed by atoms with Crippen molar-refractivity contribution in [2.75, 3.05) is 26.4 Å². The smallest absolute Gasteiger partial charge is 0.726 e. The third-order valence-corrected chi connectivity index (χ3v) is 17.3. The summed E-state index contributed by atoms with van der Waals surface area (Å²) in [7, 11) is -95.0. The van der Waals surface area contributed by atoms with Crippen molar-refractivity contribution in [3.8, 4) is 0 Å². The first-order chi connectivity index (χ1) is 44.7. The van der Waals surface area contributed by atoms with Crippen LogP contribution in [-0.4, -0.2) is 331 Å². The number of hydrogen-bond acceptors (Lipinski definition) is 63. The summed E-state index contributed by atoms with van der Waals surface area (Å²) in [5.74, 6) is 0. The zero-order valence-corrected chi connectivity index (χ0v) is 99.2. The standard InChI is InChI=1S/C24H42O63S14.14Na/c25-88(26,27)68-2-6-9(13(80-94(43,44)45)18(85-99(58,59)60)23(73-6)76-24-20(87-101(64,65)66)16(83-97(52,53)54)12(79-93(40,41)42)8(74-24)4-70-90(31,32)33)75-22-19(86-100(61,62)63)15(82-96(49,50)51)10(77-91(34,35)36)5(72-22)1-67-21-17(84-98(55,56)57)14(81-95(46,47)48)11(78-92(37,38)39)7(71-21)3-69-89(28,29)30;;;;;;;;;;;;;;/h5-24H,1-4H2,(H,25,26,27)(H,28,29,30)(H,31,32,33)(H,34,35,36)(H,37,38,39)(H,40,41,42)(H,43,44,45)(H,46,47,48)(H,49,50,51)(H,52,53,54)(H,55,56,57)(H,58,59,60)(H,61,62,63)(H,64,65,66);;;;;;;;;;;;;;/q;14*+1/p-14/t5-,6-,7-,8-,9+,10+,11-,12-,13-,14-,15-,16-,17-,18-,19-,20-,21-,22-,23+,24-;;;;;;;;;;;;;;/m0............../s1. The van der Waals surface area contributed by atoms with Crippen molar-refractivity contribution >= 4 is 146 Å². The summed E-state index contributed by atoms with van der Waals surface area (Å²) in [6, 6.07) is 0. The molecule has 91 heteroatoms. The van der Waals surface area contributed by atoms with Crippen LogP contribution in [0.5, 0.6) is 0 Å². The van der Waals surface area contributed by atoms with Gasteiger partial charge >= 0.3 is 414 Å². The maximum absolute atomic E-state index is 12.6. The summed E-state index contributed by atoms with van der Waals surface area (Å²) < 4.78 is 595. The molecule has 4 heterocycles. The summed E-state index contributed by atoms with van der Waals surface area (Å²) in [5, 5.41) is 0. The van der Waals surface area contributed by atoms with E-state index in [4.69, 9.17) is 33.2 Å². The Morgan fingerprint density at radius 1 is 0.174 bits per heavy atom.